The molecule has 1 aromatic carbocycles. The van der Waals surface area contributed by atoms with Crippen molar-refractivity contribution in [3.05, 3.63) is 33.6 Å². The third kappa shape index (κ3) is 3.16. The maximum absolute atomic E-state index is 6.17. The van der Waals surface area contributed by atoms with Gasteiger partial charge in [-0.15, -0.1) is 0 Å². The molecule has 4 nitrogen and oxygen atoms in total. The third-order valence-electron chi connectivity index (χ3n) is 2.86. The van der Waals surface area contributed by atoms with Crippen LogP contribution in [0.1, 0.15) is 32.6 Å². The van der Waals surface area contributed by atoms with Crippen molar-refractivity contribution in [1.82, 2.24) is 10.1 Å². The van der Waals surface area contributed by atoms with Gasteiger partial charge in [0.15, 0.2) is 0 Å². The minimum atomic E-state index is -0.594. The van der Waals surface area contributed by atoms with Gasteiger partial charge in [-0.2, -0.15) is 4.98 Å². The van der Waals surface area contributed by atoms with E-state index in [1.54, 1.807) is 6.07 Å². The van der Waals surface area contributed by atoms with E-state index in [0.29, 0.717) is 16.7 Å². The number of benzene rings is 1. The predicted octanol–water partition coefficient (Wildman–Crippen LogP) is 4.13. The standard InChI is InChI=1S/C13H15BrClN3O/c1-3-6-13(2,16)12-17-11(18-19-12)8-4-5-10(15)9(14)7-8/h4-5,7H,3,6,16H2,1-2H3. The van der Waals surface area contributed by atoms with Crippen LogP contribution in [0.15, 0.2) is 27.2 Å². The van der Waals surface area contributed by atoms with Crippen molar-refractivity contribution in [2.24, 2.45) is 5.73 Å². The summed E-state index contributed by atoms with van der Waals surface area (Å²) in [5.74, 6) is 0.968. The van der Waals surface area contributed by atoms with Crippen LogP contribution in [-0.2, 0) is 5.54 Å². The minimum Gasteiger partial charge on any atom is -0.337 e. The van der Waals surface area contributed by atoms with Crippen molar-refractivity contribution in [3.63, 3.8) is 0 Å². The molecule has 0 aliphatic rings. The Balaban J connectivity index is 2.33. The van der Waals surface area contributed by atoms with Gasteiger partial charge in [0.1, 0.15) is 0 Å². The van der Waals surface area contributed by atoms with Gasteiger partial charge in [0.05, 0.1) is 10.6 Å². The predicted molar refractivity (Wildman–Crippen MR) is 78.9 cm³/mol. The fourth-order valence-electron chi connectivity index (χ4n) is 1.83. The highest BCUT2D eigenvalue weighted by atomic mass is 79.9. The zero-order chi connectivity index (χ0) is 14.0. The minimum absolute atomic E-state index is 0.454. The van der Waals surface area contributed by atoms with Crippen molar-refractivity contribution in [1.29, 1.82) is 0 Å². The summed E-state index contributed by atoms with van der Waals surface area (Å²) >= 11 is 9.33. The zero-order valence-electron chi connectivity index (χ0n) is 10.8. The molecule has 2 N–H and O–H groups in total. The van der Waals surface area contributed by atoms with Gasteiger partial charge in [-0.05, 0) is 47.5 Å². The summed E-state index contributed by atoms with van der Waals surface area (Å²) in [6.07, 6.45) is 1.75. The summed E-state index contributed by atoms with van der Waals surface area (Å²) in [5, 5.41) is 4.62. The Morgan fingerprint density at radius 2 is 2.21 bits per heavy atom. The molecule has 0 aliphatic heterocycles. The van der Waals surface area contributed by atoms with Crippen LogP contribution in [0.25, 0.3) is 11.4 Å². The van der Waals surface area contributed by atoms with Gasteiger partial charge in [0, 0.05) is 10.0 Å². The van der Waals surface area contributed by atoms with Crippen molar-refractivity contribution >= 4 is 27.5 Å². The highest BCUT2D eigenvalue weighted by molar-refractivity contribution is 9.10. The number of nitrogens with two attached hydrogens (primary N) is 1. The molecule has 1 atom stereocenters. The van der Waals surface area contributed by atoms with Gasteiger partial charge in [0.25, 0.3) is 0 Å². The normalized spacial score (nSPS) is 14.4. The van der Waals surface area contributed by atoms with Crippen molar-refractivity contribution in [2.75, 3.05) is 0 Å². The van der Waals surface area contributed by atoms with E-state index < -0.39 is 5.54 Å². The molecule has 1 aromatic heterocycles. The van der Waals surface area contributed by atoms with Crippen molar-refractivity contribution in [3.8, 4) is 11.4 Å². The Labute approximate surface area is 125 Å². The summed E-state index contributed by atoms with van der Waals surface area (Å²) in [6, 6.07) is 5.48. The lowest BCUT2D eigenvalue weighted by Crippen LogP contribution is -2.33. The topological polar surface area (TPSA) is 64.9 Å². The second kappa shape index (κ2) is 5.61. The van der Waals surface area contributed by atoms with E-state index in [1.165, 1.54) is 0 Å². The fourth-order valence-corrected chi connectivity index (χ4v) is 2.33. The Morgan fingerprint density at radius 1 is 1.47 bits per heavy atom. The largest absolute Gasteiger partial charge is 0.337 e. The molecule has 6 heteroatoms. The third-order valence-corrected chi connectivity index (χ3v) is 4.08. The maximum atomic E-state index is 6.17. The summed E-state index contributed by atoms with van der Waals surface area (Å²) in [7, 11) is 0. The van der Waals surface area contributed by atoms with E-state index >= 15 is 0 Å². The van der Waals surface area contributed by atoms with E-state index in [0.717, 1.165) is 22.9 Å². The Morgan fingerprint density at radius 3 is 2.84 bits per heavy atom. The second-order valence-electron chi connectivity index (χ2n) is 4.72. The molecule has 0 amide bonds. The van der Waals surface area contributed by atoms with Crippen molar-refractivity contribution < 1.29 is 4.52 Å². The number of hydrogen-bond acceptors (Lipinski definition) is 4. The first kappa shape index (κ1) is 14.5. The lowest BCUT2D eigenvalue weighted by atomic mass is 9.98. The van der Waals surface area contributed by atoms with Crippen LogP contribution in [-0.4, -0.2) is 10.1 Å². The van der Waals surface area contributed by atoms with Gasteiger partial charge in [-0.1, -0.05) is 30.1 Å². The molecular weight excluding hydrogens is 330 g/mol. The quantitative estimate of drug-likeness (QED) is 0.906. The lowest BCUT2D eigenvalue weighted by molar-refractivity contribution is 0.284. The van der Waals surface area contributed by atoms with E-state index in [4.69, 9.17) is 21.9 Å². The van der Waals surface area contributed by atoms with Gasteiger partial charge >= 0.3 is 0 Å². The average Bonchev–Trinajstić information content (AvgIpc) is 2.83. The van der Waals surface area contributed by atoms with E-state index in [9.17, 15) is 0 Å². The van der Waals surface area contributed by atoms with Crippen molar-refractivity contribution in [2.45, 2.75) is 32.2 Å². The molecule has 0 aliphatic carbocycles. The molecule has 1 unspecified atom stereocenters. The Hall–Kier alpha value is -0.910. The smallest absolute Gasteiger partial charge is 0.246 e. The first-order valence-corrected chi connectivity index (χ1v) is 7.19. The van der Waals surface area contributed by atoms with Gasteiger partial charge < -0.3 is 10.3 Å². The lowest BCUT2D eigenvalue weighted by Gasteiger charge is -2.18. The Kier molecular flexibility index (Phi) is 4.28. The second-order valence-corrected chi connectivity index (χ2v) is 5.98. The van der Waals surface area contributed by atoms with Crippen LogP contribution in [0.5, 0.6) is 0 Å². The van der Waals surface area contributed by atoms with E-state index in [2.05, 4.69) is 33.0 Å². The molecule has 19 heavy (non-hydrogen) atoms. The monoisotopic (exact) mass is 343 g/mol. The average molecular weight is 345 g/mol. The highest BCUT2D eigenvalue weighted by Gasteiger charge is 2.27. The van der Waals surface area contributed by atoms with Gasteiger partial charge in [0.2, 0.25) is 11.7 Å². The van der Waals surface area contributed by atoms with E-state index in [1.807, 2.05) is 19.1 Å². The van der Waals surface area contributed by atoms with Crippen LogP contribution in [0.3, 0.4) is 0 Å². The fraction of sp³-hybridized carbons (Fsp3) is 0.385. The molecule has 0 bridgehead atoms. The maximum Gasteiger partial charge on any atom is 0.246 e. The molecule has 0 radical (unpaired) electrons. The van der Waals surface area contributed by atoms with Crippen LogP contribution in [0, 0.1) is 0 Å². The number of hydrogen-bond donors (Lipinski definition) is 1. The first-order chi connectivity index (χ1) is 8.94. The highest BCUT2D eigenvalue weighted by Crippen LogP contribution is 2.29. The molecule has 2 aromatic rings. The zero-order valence-corrected chi connectivity index (χ0v) is 13.1. The number of aromatic nitrogens is 2. The molecule has 0 spiro atoms. The number of nitrogens with zero attached hydrogens (tertiary/aromatic N) is 2. The molecule has 102 valence electrons. The van der Waals surface area contributed by atoms with Crippen LogP contribution >= 0.6 is 27.5 Å². The molecule has 0 fully saturated rings. The van der Waals surface area contributed by atoms with Crippen LogP contribution < -0.4 is 5.73 Å². The summed E-state index contributed by atoms with van der Waals surface area (Å²) in [5.41, 5.74) is 6.41. The van der Waals surface area contributed by atoms with Gasteiger partial charge in [-0.25, -0.2) is 0 Å². The SMILES string of the molecule is CCCC(C)(N)c1nc(-c2ccc(Cl)c(Br)c2)no1. The molecule has 2 rings (SSSR count). The summed E-state index contributed by atoms with van der Waals surface area (Å²) < 4.78 is 6.07. The molecule has 1 heterocycles. The Bertz CT molecular complexity index is 583. The molecule has 0 saturated carbocycles. The molecule has 0 saturated heterocycles. The summed E-state index contributed by atoms with van der Waals surface area (Å²) in [4.78, 5) is 4.37. The first-order valence-electron chi connectivity index (χ1n) is 6.02. The number of halogens is 2. The van der Waals surface area contributed by atoms with Crippen LogP contribution in [0.4, 0.5) is 0 Å². The van der Waals surface area contributed by atoms with Gasteiger partial charge in [-0.3, -0.25) is 0 Å². The van der Waals surface area contributed by atoms with Crippen LogP contribution in [0.2, 0.25) is 5.02 Å². The molecular formula is C13H15BrClN3O. The summed E-state index contributed by atoms with van der Waals surface area (Å²) in [6.45, 7) is 3.96. The number of rotatable bonds is 4. The van der Waals surface area contributed by atoms with E-state index in [-0.39, 0.29) is 0 Å².